The number of hydrogen-bond acceptors (Lipinski definition) is 2. The maximum atomic E-state index is 8.78. The minimum absolute atomic E-state index is 0.0320. The average Bonchev–Trinajstić information content (AvgIpc) is 2.25. The molecule has 0 aliphatic heterocycles. The fraction of sp³-hybridized carbons (Fsp3) is 0.0833. The summed E-state index contributed by atoms with van der Waals surface area (Å²) in [5, 5.41) is 17.3. The Morgan fingerprint density at radius 2 is 2.07 bits per heavy atom. The molecule has 0 saturated carbocycles. The Labute approximate surface area is 83.4 Å². The third-order valence-electron chi connectivity index (χ3n) is 1.71. The van der Waals surface area contributed by atoms with Crippen molar-refractivity contribution in [3.05, 3.63) is 53.6 Å². The number of rotatable bonds is 3. The molecule has 0 radical (unpaired) electrons. The smallest absolute Gasteiger partial charge is 0.0997 e. The lowest BCUT2D eigenvalue weighted by Crippen LogP contribution is -1.79. The zero-order valence-electron chi connectivity index (χ0n) is 7.72. The van der Waals surface area contributed by atoms with Crippen LogP contribution in [0.2, 0.25) is 0 Å². The highest BCUT2D eigenvalue weighted by atomic mass is 16.2. The van der Waals surface area contributed by atoms with Gasteiger partial charge in [-0.15, -0.1) is 0 Å². The van der Waals surface area contributed by atoms with Crippen LogP contribution in [0.5, 0.6) is 0 Å². The summed E-state index contributed by atoms with van der Waals surface area (Å²) in [6.45, 7) is 0.0320. The molecular weight excluding hydrogens is 174 g/mol. The van der Waals surface area contributed by atoms with Gasteiger partial charge in [0.1, 0.15) is 0 Å². The second-order valence-electron chi connectivity index (χ2n) is 2.67. The van der Waals surface area contributed by atoms with E-state index in [9.17, 15) is 0 Å². The third kappa shape index (κ3) is 2.89. The standard InChI is InChI=1S/C12H11NO/c13-10-12-8-4-3-7-11(12)6-2-1-5-9-14/h1-8,14H,9H2/b5-1+,6-2+. The van der Waals surface area contributed by atoms with Crippen LogP contribution in [0.25, 0.3) is 6.08 Å². The van der Waals surface area contributed by atoms with Gasteiger partial charge in [-0.3, -0.25) is 0 Å². The van der Waals surface area contributed by atoms with Gasteiger partial charge in [0.15, 0.2) is 0 Å². The summed E-state index contributed by atoms with van der Waals surface area (Å²) >= 11 is 0. The highest BCUT2D eigenvalue weighted by molar-refractivity contribution is 5.58. The number of allylic oxidation sites excluding steroid dienone is 2. The van der Waals surface area contributed by atoms with Crippen molar-refractivity contribution in [2.24, 2.45) is 0 Å². The van der Waals surface area contributed by atoms with E-state index in [2.05, 4.69) is 6.07 Å². The second-order valence-corrected chi connectivity index (χ2v) is 2.67. The van der Waals surface area contributed by atoms with Crippen LogP contribution in [0.3, 0.4) is 0 Å². The molecule has 0 heterocycles. The summed E-state index contributed by atoms with van der Waals surface area (Å²) in [5.74, 6) is 0. The molecule has 0 unspecified atom stereocenters. The molecule has 1 N–H and O–H groups in total. The lowest BCUT2D eigenvalue weighted by molar-refractivity contribution is 0.343. The van der Waals surface area contributed by atoms with E-state index in [0.717, 1.165) is 5.56 Å². The number of aliphatic hydroxyl groups excluding tert-OH is 1. The highest BCUT2D eigenvalue weighted by Gasteiger charge is 1.93. The molecule has 0 spiro atoms. The van der Waals surface area contributed by atoms with Crippen molar-refractivity contribution in [2.45, 2.75) is 0 Å². The molecule has 1 rings (SSSR count). The molecule has 0 aromatic heterocycles. The van der Waals surface area contributed by atoms with Crippen molar-refractivity contribution in [1.82, 2.24) is 0 Å². The molecule has 1 aromatic carbocycles. The van der Waals surface area contributed by atoms with Crippen LogP contribution in [0.4, 0.5) is 0 Å². The van der Waals surface area contributed by atoms with Gasteiger partial charge >= 0.3 is 0 Å². The Kier molecular flexibility index (Phi) is 4.19. The summed E-state index contributed by atoms with van der Waals surface area (Å²) < 4.78 is 0. The van der Waals surface area contributed by atoms with E-state index >= 15 is 0 Å². The first-order valence-electron chi connectivity index (χ1n) is 4.31. The zero-order valence-corrected chi connectivity index (χ0v) is 7.72. The molecule has 0 atom stereocenters. The molecule has 2 heteroatoms. The van der Waals surface area contributed by atoms with Gasteiger partial charge < -0.3 is 5.11 Å². The van der Waals surface area contributed by atoms with Gasteiger partial charge in [0.2, 0.25) is 0 Å². The second kappa shape index (κ2) is 5.74. The summed E-state index contributed by atoms with van der Waals surface area (Å²) in [6, 6.07) is 9.48. The Hall–Kier alpha value is -1.85. The lowest BCUT2D eigenvalue weighted by atomic mass is 10.1. The lowest BCUT2D eigenvalue weighted by Gasteiger charge is -1.94. The Morgan fingerprint density at radius 1 is 1.29 bits per heavy atom. The van der Waals surface area contributed by atoms with Crippen molar-refractivity contribution < 1.29 is 5.11 Å². The number of benzene rings is 1. The number of nitriles is 1. The van der Waals surface area contributed by atoms with E-state index < -0.39 is 0 Å². The van der Waals surface area contributed by atoms with Crippen molar-refractivity contribution >= 4 is 6.08 Å². The molecular formula is C12H11NO. The predicted octanol–water partition coefficient (Wildman–Crippen LogP) is 2.12. The van der Waals surface area contributed by atoms with Gasteiger partial charge in [0, 0.05) is 0 Å². The van der Waals surface area contributed by atoms with E-state index in [0.29, 0.717) is 5.56 Å². The molecule has 0 fully saturated rings. The van der Waals surface area contributed by atoms with Crippen molar-refractivity contribution in [2.75, 3.05) is 6.61 Å². The summed E-state index contributed by atoms with van der Waals surface area (Å²) in [7, 11) is 0. The molecule has 1 aromatic rings. The van der Waals surface area contributed by atoms with Crippen molar-refractivity contribution in [3.8, 4) is 6.07 Å². The monoisotopic (exact) mass is 185 g/mol. The van der Waals surface area contributed by atoms with Gasteiger partial charge in [-0.05, 0) is 11.6 Å². The SMILES string of the molecule is N#Cc1ccccc1/C=C/C=C/CO. The zero-order chi connectivity index (χ0) is 10.2. The Balaban J connectivity index is 2.81. The Bertz CT molecular complexity index is 386. The molecule has 0 aliphatic carbocycles. The number of hydrogen-bond donors (Lipinski definition) is 1. The first-order valence-corrected chi connectivity index (χ1v) is 4.31. The number of nitrogens with zero attached hydrogens (tertiary/aromatic N) is 1. The molecule has 0 aliphatic rings. The summed E-state index contributed by atoms with van der Waals surface area (Å²) in [4.78, 5) is 0. The fourth-order valence-corrected chi connectivity index (χ4v) is 1.04. The van der Waals surface area contributed by atoms with E-state index in [4.69, 9.17) is 10.4 Å². The quantitative estimate of drug-likeness (QED) is 0.733. The van der Waals surface area contributed by atoms with Crippen molar-refractivity contribution in [3.63, 3.8) is 0 Å². The van der Waals surface area contributed by atoms with Crippen LogP contribution in [0, 0.1) is 11.3 Å². The minimum atomic E-state index is 0.0320. The van der Waals surface area contributed by atoms with E-state index in [1.807, 2.05) is 24.3 Å². The van der Waals surface area contributed by atoms with Gasteiger partial charge in [0.25, 0.3) is 0 Å². The largest absolute Gasteiger partial charge is 0.392 e. The van der Waals surface area contributed by atoms with Crippen LogP contribution < -0.4 is 0 Å². The van der Waals surface area contributed by atoms with Crippen LogP contribution in [-0.2, 0) is 0 Å². The first-order chi connectivity index (χ1) is 6.88. The molecule has 14 heavy (non-hydrogen) atoms. The molecule has 2 nitrogen and oxygen atoms in total. The highest BCUT2D eigenvalue weighted by Crippen LogP contribution is 2.08. The van der Waals surface area contributed by atoms with Gasteiger partial charge in [-0.2, -0.15) is 5.26 Å². The molecule has 70 valence electrons. The van der Waals surface area contributed by atoms with E-state index in [-0.39, 0.29) is 6.61 Å². The van der Waals surface area contributed by atoms with Crippen LogP contribution in [-0.4, -0.2) is 11.7 Å². The maximum Gasteiger partial charge on any atom is 0.0997 e. The maximum absolute atomic E-state index is 8.78. The fourth-order valence-electron chi connectivity index (χ4n) is 1.04. The minimum Gasteiger partial charge on any atom is -0.392 e. The molecule has 0 amide bonds. The summed E-state index contributed by atoms with van der Waals surface area (Å²) in [6.07, 6.45) is 7.01. The van der Waals surface area contributed by atoms with Gasteiger partial charge in [0.05, 0.1) is 18.2 Å². The predicted molar refractivity (Wildman–Crippen MR) is 56.4 cm³/mol. The van der Waals surface area contributed by atoms with Crippen molar-refractivity contribution in [1.29, 1.82) is 5.26 Å². The third-order valence-corrected chi connectivity index (χ3v) is 1.71. The van der Waals surface area contributed by atoms with E-state index in [1.54, 1.807) is 24.3 Å². The first kappa shape index (κ1) is 10.2. The Morgan fingerprint density at radius 3 is 2.79 bits per heavy atom. The van der Waals surface area contributed by atoms with Crippen LogP contribution in [0.15, 0.2) is 42.5 Å². The topological polar surface area (TPSA) is 44.0 Å². The summed E-state index contributed by atoms with van der Waals surface area (Å²) in [5.41, 5.74) is 1.54. The normalized spacial score (nSPS) is 10.9. The molecule has 0 saturated heterocycles. The van der Waals surface area contributed by atoms with E-state index in [1.165, 1.54) is 0 Å². The van der Waals surface area contributed by atoms with Crippen LogP contribution >= 0.6 is 0 Å². The number of aliphatic hydroxyl groups is 1. The van der Waals surface area contributed by atoms with Crippen LogP contribution in [0.1, 0.15) is 11.1 Å². The van der Waals surface area contributed by atoms with Gasteiger partial charge in [-0.25, -0.2) is 0 Å². The molecule has 0 bridgehead atoms. The van der Waals surface area contributed by atoms with Gasteiger partial charge in [-0.1, -0.05) is 42.5 Å². The average molecular weight is 185 g/mol.